The van der Waals surface area contributed by atoms with E-state index in [1.807, 2.05) is 0 Å². The van der Waals surface area contributed by atoms with Crippen LogP contribution in [0.3, 0.4) is 0 Å². The van der Waals surface area contributed by atoms with Crippen LogP contribution >= 0.6 is 0 Å². The van der Waals surface area contributed by atoms with Gasteiger partial charge in [-0.25, -0.2) is 9.78 Å². The number of ether oxygens (including phenoxy) is 1. The zero-order valence-corrected chi connectivity index (χ0v) is 12.7. The molecule has 1 heterocycles. The Morgan fingerprint density at radius 2 is 1.72 bits per heavy atom. The van der Waals surface area contributed by atoms with Crippen molar-refractivity contribution in [2.24, 2.45) is 0 Å². The van der Waals surface area contributed by atoms with Gasteiger partial charge in [-0.3, -0.25) is 0 Å². The molecule has 0 N–H and O–H groups in total. The summed E-state index contributed by atoms with van der Waals surface area (Å²) in [6.45, 7) is 1.29. The summed E-state index contributed by atoms with van der Waals surface area (Å²) in [6, 6.07) is 5.61. The second-order valence-electron chi connectivity index (χ2n) is 4.89. The molecule has 134 valence electrons. The minimum atomic E-state index is -4.97. The number of benzene rings is 1. The van der Waals surface area contributed by atoms with E-state index in [-0.39, 0.29) is 17.9 Å². The SMILES string of the molecule is CCOC(=O)c1ccc(-c2cccc(C(F)(F)F)c2)nc1C(F)(F)F. The third kappa shape index (κ3) is 4.28. The number of aromatic nitrogens is 1. The molecule has 0 fully saturated rings. The van der Waals surface area contributed by atoms with E-state index in [2.05, 4.69) is 9.72 Å². The average Bonchev–Trinajstić information content (AvgIpc) is 2.53. The van der Waals surface area contributed by atoms with Crippen molar-refractivity contribution in [3.63, 3.8) is 0 Å². The average molecular weight is 363 g/mol. The van der Waals surface area contributed by atoms with Gasteiger partial charge in [-0.1, -0.05) is 12.1 Å². The predicted molar refractivity (Wildman–Crippen MR) is 75.6 cm³/mol. The minimum absolute atomic E-state index is 0.133. The number of carbonyl (C=O) groups is 1. The second kappa shape index (κ2) is 6.73. The molecule has 1 aromatic carbocycles. The largest absolute Gasteiger partial charge is 0.462 e. The Kier molecular flexibility index (Phi) is 5.05. The normalized spacial score (nSPS) is 12.1. The molecule has 2 aromatic rings. The highest BCUT2D eigenvalue weighted by Gasteiger charge is 2.38. The lowest BCUT2D eigenvalue weighted by atomic mass is 10.1. The van der Waals surface area contributed by atoms with Gasteiger partial charge in [0.1, 0.15) is 0 Å². The summed E-state index contributed by atoms with van der Waals surface area (Å²) in [7, 11) is 0. The fourth-order valence-electron chi connectivity index (χ4n) is 2.06. The molecule has 0 saturated heterocycles. The lowest BCUT2D eigenvalue weighted by Gasteiger charge is -2.13. The second-order valence-corrected chi connectivity index (χ2v) is 4.89. The molecule has 0 aliphatic heterocycles. The third-order valence-corrected chi connectivity index (χ3v) is 3.14. The number of halogens is 6. The van der Waals surface area contributed by atoms with E-state index in [0.717, 1.165) is 24.3 Å². The molecule has 0 aliphatic carbocycles. The molecule has 0 amide bonds. The summed E-state index contributed by atoms with van der Waals surface area (Å²) >= 11 is 0. The van der Waals surface area contributed by atoms with E-state index in [9.17, 15) is 31.1 Å². The molecule has 0 saturated carbocycles. The van der Waals surface area contributed by atoms with Crippen molar-refractivity contribution < 1.29 is 35.9 Å². The van der Waals surface area contributed by atoms with Gasteiger partial charge in [0.2, 0.25) is 0 Å². The van der Waals surface area contributed by atoms with Gasteiger partial charge in [0.25, 0.3) is 0 Å². The van der Waals surface area contributed by atoms with Crippen molar-refractivity contribution in [2.45, 2.75) is 19.3 Å². The Morgan fingerprint density at radius 3 is 2.28 bits per heavy atom. The number of nitrogens with zero attached hydrogens (tertiary/aromatic N) is 1. The van der Waals surface area contributed by atoms with Gasteiger partial charge in [0.05, 0.1) is 23.4 Å². The maximum atomic E-state index is 13.2. The van der Waals surface area contributed by atoms with Crippen molar-refractivity contribution in [2.75, 3.05) is 6.61 Å². The van der Waals surface area contributed by atoms with Crippen LogP contribution in [0.25, 0.3) is 11.3 Å². The lowest BCUT2D eigenvalue weighted by Crippen LogP contribution is -2.17. The first-order valence-corrected chi connectivity index (χ1v) is 6.97. The Balaban J connectivity index is 2.56. The third-order valence-electron chi connectivity index (χ3n) is 3.14. The van der Waals surface area contributed by atoms with Crippen LogP contribution in [0, 0.1) is 0 Å². The van der Waals surface area contributed by atoms with Crippen molar-refractivity contribution in [3.8, 4) is 11.3 Å². The summed E-state index contributed by atoms with van der Waals surface area (Å²) in [5.74, 6) is -1.21. The molecular formula is C16H11F6NO2. The fraction of sp³-hybridized carbons (Fsp3) is 0.250. The topological polar surface area (TPSA) is 39.2 Å². The quantitative estimate of drug-likeness (QED) is 0.571. The molecule has 0 bridgehead atoms. The molecule has 0 radical (unpaired) electrons. The molecule has 0 spiro atoms. The standard InChI is InChI=1S/C16H11F6NO2/c1-2-25-14(24)11-6-7-12(23-13(11)16(20,21)22)9-4-3-5-10(8-9)15(17,18)19/h3-8H,2H2,1H3. The van der Waals surface area contributed by atoms with Gasteiger partial charge in [-0.2, -0.15) is 26.3 Å². The van der Waals surface area contributed by atoms with Crippen molar-refractivity contribution in [1.82, 2.24) is 4.98 Å². The van der Waals surface area contributed by atoms with E-state index >= 15 is 0 Å². The molecule has 0 unspecified atom stereocenters. The van der Waals surface area contributed by atoms with E-state index < -0.39 is 35.1 Å². The molecule has 3 nitrogen and oxygen atoms in total. The smallest absolute Gasteiger partial charge is 0.434 e. The van der Waals surface area contributed by atoms with E-state index in [1.165, 1.54) is 13.0 Å². The first-order valence-electron chi connectivity index (χ1n) is 6.97. The lowest BCUT2D eigenvalue weighted by molar-refractivity contribution is -0.141. The van der Waals surface area contributed by atoms with Gasteiger partial charge in [0.15, 0.2) is 5.69 Å². The summed E-state index contributed by atoms with van der Waals surface area (Å²) in [4.78, 5) is 15.0. The van der Waals surface area contributed by atoms with Crippen LogP contribution < -0.4 is 0 Å². The molecule has 25 heavy (non-hydrogen) atoms. The molecule has 0 aliphatic rings. The highest BCUT2D eigenvalue weighted by molar-refractivity contribution is 5.91. The molecule has 1 aromatic heterocycles. The first-order chi connectivity index (χ1) is 11.5. The Bertz CT molecular complexity index is 783. The number of hydrogen-bond acceptors (Lipinski definition) is 3. The monoisotopic (exact) mass is 363 g/mol. The highest BCUT2D eigenvalue weighted by Crippen LogP contribution is 2.35. The number of carbonyl (C=O) groups excluding carboxylic acids is 1. The van der Waals surface area contributed by atoms with Gasteiger partial charge < -0.3 is 4.74 Å². The number of hydrogen-bond donors (Lipinski definition) is 0. The number of esters is 1. The maximum absolute atomic E-state index is 13.2. The van der Waals surface area contributed by atoms with Crippen LogP contribution in [-0.4, -0.2) is 17.6 Å². The van der Waals surface area contributed by atoms with Gasteiger partial charge in [-0.05, 0) is 31.2 Å². The minimum Gasteiger partial charge on any atom is -0.462 e. The van der Waals surface area contributed by atoms with E-state index in [1.54, 1.807) is 0 Å². The zero-order chi connectivity index (χ0) is 18.8. The summed E-state index contributed by atoms with van der Waals surface area (Å²) in [5.41, 5.74) is -3.83. The van der Waals surface area contributed by atoms with Crippen LogP contribution in [-0.2, 0) is 17.1 Å². The van der Waals surface area contributed by atoms with E-state index in [0.29, 0.717) is 6.07 Å². The fourth-order valence-corrected chi connectivity index (χ4v) is 2.06. The van der Waals surface area contributed by atoms with Gasteiger partial charge in [-0.15, -0.1) is 0 Å². The van der Waals surface area contributed by atoms with Crippen molar-refractivity contribution in [1.29, 1.82) is 0 Å². The number of pyridine rings is 1. The molecule has 2 rings (SSSR count). The molecule has 9 heteroatoms. The van der Waals surface area contributed by atoms with Crippen LogP contribution in [0.5, 0.6) is 0 Å². The highest BCUT2D eigenvalue weighted by atomic mass is 19.4. The summed E-state index contributed by atoms with van der Waals surface area (Å²) in [5, 5.41) is 0. The van der Waals surface area contributed by atoms with Crippen LogP contribution in [0.4, 0.5) is 26.3 Å². The Labute approximate surface area is 138 Å². The van der Waals surface area contributed by atoms with Gasteiger partial charge >= 0.3 is 18.3 Å². The number of rotatable bonds is 3. The molecule has 0 atom stereocenters. The zero-order valence-electron chi connectivity index (χ0n) is 12.7. The summed E-state index contributed by atoms with van der Waals surface area (Å²) in [6.07, 6.45) is -9.62. The summed E-state index contributed by atoms with van der Waals surface area (Å²) < 4.78 is 82.3. The maximum Gasteiger partial charge on any atom is 0.434 e. The van der Waals surface area contributed by atoms with Crippen molar-refractivity contribution >= 4 is 5.97 Å². The van der Waals surface area contributed by atoms with Crippen LogP contribution in [0.2, 0.25) is 0 Å². The van der Waals surface area contributed by atoms with Crippen LogP contribution in [0.15, 0.2) is 36.4 Å². The Morgan fingerprint density at radius 1 is 1.04 bits per heavy atom. The predicted octanol–water partition coefficient (Wildman–Crippen LogP) is 4.96. The van der Waals surface area contributed by atoms with Crippen molar-refractivity contribution in [3.05, 3.63) is 53.2 Å². The molecular weight excluding hydrogens is 352 g/mol. The van der Waals surface area contributed by atoms with E-state index in [4.69, 9.17) is 0 Å². The van der Waals surface area contributed by atoms with Crippen LogP contribution in [0.1, 0.15) is 28.5 Å². The van der Waals surface area contributed by atoms with Gasteiger partial charge in [0, 0.05) is 5.56 Å². The Hall–Kier alpha value is -2.58. The number of alkyl halides is 6. The first kappa shape index (κ1) is 18.8.